The molecule has 0 aliphatic carbocycles. The number of aliphatic carboxylic acids is 1. The molecule has 0 aliphatic rings. The maximum Gasteiger partial charge on any atom is 0.307 e. The Balaban J connectivity index is 2.90. The third-order valence-electron chi connectivity index (χ3n) is 5.41. The van der Waals surface area contributed by atoms with E-state index in [0.29, 0.717) is 43.1 Å². The largest absolute Gasteiger partial charge is 0.493 e. The van der Waals surface area contributed by atoms with Crippen molar-refractivity contribution in [1.82, 2.24) is 0 Å². The summed E-state index contributed by atoms with van der Waals surface area (Å²) in [5.41, 5.74) is 0.584. The van der Waals surface area contributed by atoms with E-state index in [4.69, 9.17) is 14.2 Å². The fourth-order valence-corrected chi connectivity index (χ4v) is 3.37. The molecule has 0 aliphatic heterocycles. The molecule has 1 N–H and O–H groups in total. The highest BCUT2D eigenvalue weighted by atomic mass is 16.5. The molecule has 0 radical (unpaired) electrons. The molecule has 1 aromatic carbocycles. The Hall–Kier alpha value is -2.34. The van der Waals surface area contributed by atoms with Crippen LogP contribution in [0, 0.1) is 23.7 Å². The Kier molecular flexibility index (Phi) is 11.9. The molecular formula is C25H38O6. The van der Waals surface area contributed by atoms with E-state index < -0.39 is 11.9 Å². The van der Waals surface area contributed by atoms with Crippen LogP contribution >= 0.6 is 0 Å². The third kappa shape index (κ3) is 8.74. The number of carboxylic acids is 1. The monoisotopic (exact) mass is 434 g/mol. The lowest BCUT2D eigenvalue weighted by Gasteiger charge is -2.19. The number of ketones is 1. The van der Waals surface area contributed by atoms with Crippen LogP contribution in [0.25, 0.3) is 0 Å². The van der Waals surface area contributed by atoms with Crippen molar-refractivity contribution in [2.45, 2.75) is 47.0 Å². The maximum atomic E-state index is 13.2. The normalized spacial score (nSPS) is 13.5. The lowest BCUT2D eigenvalue weighted by Crippen LogP contribution is -2.20. The summed E-state index contributed by atoms with van der Waals surface area (Å²) >= 11 is 0. The topological polar surface area (TPSA) is 82.1 Å². The van der Waals surface area contributed by atoms with E-state index in [1.807, 2.05) is 39.8 Å². The fraction of sp³-hybridized carbons (Fsp3) is 0.600. The Morgan fingerprint density at radius 3 is 2.06 bits per heavy atom. The Bertz CT molecular complexity index is 723. The minimum Gasteiger partial charge on any atom is -0.493 e. The molecular weight excluding hydrogens is 396 g/mol. The summed E-state index contributed by atoms with van der Waals surface area (Å²) in [6.07, 6.45) is 5.60. The first-order valence-corrected chi connectivity index (χ1v) is 10.9. The zero-order chi connectivity index (χ0) is 23.4. The second-order valence-corrected chi connectivity index (χ2v) is 8.41. The molecule has 0 aromatic heterocycles. The maximum absolute atomic E-state index is 13.2. The van der Waals surface area contributed by atoms with Crippen molar-refractivity contribution in [3.8, 4) is 11.5 Å². The number of rotatable bonds is 15. The Morgan fingerprint density at radius 2 is 1.55 bits per heavy atom. The second-order valence-electron chi connectivity index (χ2n) is 8.41. The molecule has 6 nitrogen and oxygen atoms in total. The van der Waals surface area contributed by atoms with Crippen LogP contribution in [-0.2, 0) is 9.53 Å². The number of benzene rings is 1. The number of methoxy groups -OCH3 is 2. The Morgan fingerprint density at radius 1 is 0.935 bits per heavy atom. The first-order chi connectivity index (χ1) is 14.7. The summed E-state index contributed by atoms with van der Waals surface area (Å²) in [5, 5.41) is 9.32. The lowest BCUT2D eigenvalue weighted by atomic mass is 9.84. The van der Waals surface area contributed by atoms with Gasteiger partial charge in [0.2, 0.25) is 0 Å². The van der Waals surface area contributed by atoms with Crippen molar-refractivity contribution >= 4 is 11.8 Å². The van der Waals surface area contributed by atoms with Crippen molar-refractivity contribution in [2.75, 3.05) is 27.4 Å². The standard InChI is InChI=1S/C25H38O6/c1-17(2)20(10-7-8-11-21(18(3)4)25(27)28)24(26)19-12-13-22(30-6)23(16-19)31-15-9-14-29-5/h7-8,12-13,16-18,20-21H,9-11,14-15H2,1-6H3,(H,27,28)/b8-7+/t20?,21-/m0/s1. The average Bonchev–Trinajstić information content (AvgIpc) is 2.72. The van der Waals surface area contributed by atoms with Gasteiger partial charge in [-0.3, -0.25) is 9.59 Å². The summed E-state index contributed by atoms with van der Waals surface area (Å²) < 4.78 is 16.2. The van der Waals surface area contributed by atoms with Gasteiger partial charge in [-0.2, -0.15) is 0 Å². The van der Waals surface area contributed by atoms with Crippen molar-refractivity contribution < 1.29 is 28.9 Å². The number of hydrogen-bond acceptors (Lipinski definition) is 5. The van der Waals surface area contributed by atoms with E-state index in [2.05, 4.69) is 0 Å². The quantitative estimate of drug-likeness (QED) is 0.230. The van der Waals surface area contributed by atoms with Crippen LogP contribution in [0.4, 0.5) is 0 Å². The first kappa shape index (κ1) is 26.7. The van der Waals surface area contributed by atoms with E-state index >= 15 is 0 Å². The van der Waals surface area contributed by atoms with Gasteiger partial charge in [0.05, 0.1) is 19.6 Å². The summed E-state index contributed by atoms with van der Waals surface area (Å²) in [7, 11) is 3.22. The molecule has 31 heavy (non-hydrogen) atoms. The van der Waals surface area contributed by atoms with Crippen LogP contribution in [0.3, 0.4) is 0 Å². The SMILES string of the molecule is COCCCOc1cc(C(=O)C(C/C=C/C[C@H](C(=O)O)C(C)C)C(C)C)ccc1OC. The van der Waals surface area contributed by atoms with Gasteiger partial charge in [-0.15, -0.1) is 0 Å². The zero-order valence-corrected chi connectivity index (χ0v) is 19.7. The number of carboxylic acid groups (broad SMARTS) is 1. The molecule has 2 atom stereocenters. The molecule has 1 rings (SSSR count). The summed E-state index contributed by atoms with van der Waals surface area (Å²) in [6.45, 7) is 8.94. The first-order valence-electron chi connectivity index (χ1n) is 10.9. The molecule has 0 heterocycles. The molecule has 1 unspecified atom stereocenters. The van der Waals surface area contributed by atoms with E-state index in [1.165, 1.54) is 0 Å². The number of allylic oxidation sites excluding steroid dienone is 2. The second kappa shape index (κ2) is 13.9. The molecule has 6 heteroatoms. The minimum atomic E-state index is -0.785. The van der Waals surface area contributed by atoms with Gasteiger partial charge in [-0.1, -0.05) is 39.8 Å². The van der Waals surface area contributed by atoms with Crippen LogP contribution in [0.2, 0.25) is 0 Å². The van der Waals surface area contributed by atoms with Gasteiger partial charge in [0.15, 0.2) is 17.3 Å². The highest BCUT2D eigenvalue weighted by Crippen LogP contribution is 2.31. The van der Waals surface area contributed by atoms with Gasteiger partial charge < -0.3 is 19.3 Å². The highest BCUT2D eigenvalue weighted by Gasteiger charge is 2.24. The molecule has 0 saturated heterocycles. The van der Waals surface area contributed by atoms with Crippen molar-refractivity contribution in [3.05, 3.63) is 35.9 Å². The number of Topliss-reactive ketones (excluding diaryl/α,β-unsaturated/α-hetero) is 1. The summed E-state index contributed by atoms with van der Waals surface area (Å²) in [4.78, 5) is 24.6. The van der Waals surface area contributed by atoms with Gasteiger partial charge >= 0.3 is 5.97 Å². The van der Waals surface area contributed by atoms with Crippen molar-refractivity contribution in [3.63, 3.8) is 0 Å². The zero-order valence-electron chi connectivity index (χ0n) is 19.7. The van der Waals surface area contributed by atoms with Gasteiger partial charge in [-0.25, -0.2) is 0 Å². The predicted octanol–water partition coefficient (Wildman–Crippen LogP) is 5.26. The molecule has 0 amide bonds. The van der Waals surface area contributed by atoms with Gasteiger partial charge in [0, 0.05) is 31.6 Å². The van der Waals surface area contributed by atoms with Gasteiger partial charge in [0.25, 0.3) is 0 Å². The van der Waals surface area contributed by atoms with E-state index in [9.17, 15) is 14.7 Å². The van der Waals surface area contributed by atoms with Crippen LogP contribution in [0.5, 0.6) is 11.5 Å². The smallest absolute Gasteiger partial charge is 0.307 e. The fourth-order valence-electron chi connectivity index (χ4n) is 3.37. The van der Waals surface area contributed by atoms with E-state index in [-0.39, 0.29) is 23.5 Å². The predicted molar refractivity (Wildman–Crippen MR) is 122 cm³/mol. The average molecular weight is 435 g/mol. The minimum absolute atomic E-state index is 0.0442. The summed E-state index contributed by atoms with van der Waals surface area (Å²) in [5.74, 6) is -0.0173. The molecule has 174 valence electrons. The lowest BCUT2D eigenvalue weighted by molar-refractivity contribution is -0.143. The molecule has 0 saturated carbocycles. The van der Waals surface area contributed by atoms with Crippen LogP contribution in [0.15, 0.2) is 30.4 Å². The van der Waals surface area contributed by atoms with Crippen molar-refractivity contribution in [2.24, 2.45) is 23.7 Å². The number of hydrogen-bond donors (Lipinski definition) is 1. The number of ether oxygens (including phenoxy) is 3. The molecule has 0 spiro atoms. The molecule has 0 fully saturated rings. The van der Waals surface area contributed by atoms with Gasteiger partial charge in [-0.05, 0) is 42.9 Å². The summed E-state index contributed by atoms with van der Waals surface area (Å²) in [6, 6.07) is 5.26. The van der Waals surface area contributed by atoms with Crippen LogP contribution < -0.4 is 9.47 Å². The van der Waals surface area contributed by atoms with Crippen LogP contribution in [0.1, 0.15) is 57.3 Å². The molecule has 0 bridgehead atoms. The van der Waals surface area contributed by atoms with E-state index in [1.54, 1.807) is 32.4 Å². The van der Waals surface area contributed by atoms with Crippen molar-refractivity contribution in [1.29, 1.82) is 0 Å². The molecule has 1 aromatic rings. The van der Waals surface area contributed by atoms with Gasteiger partial charge in [0.1, 0.15) is 0 Å². The third-order valence-corrected chi connectivity index (χ3v) is 5.41. The van der Waals surface area contributed by atoms with E-state index in [0.717, 1.165) is 6.42 Å². The number of carbonyl (C=O) groups excluding carboxylic acids is 1. The Labute approximate surface area is 186 Å². The number of carbonyl (C=O) groups is 2. The van der Waals surface area contributed by atoms with Crippen LogP contribution in [-0.4, -0.2) is 44.3 Å². The highest BCUT2D eigenvalue weighted by molar-refractivity contribution is 5.98.